The molecule has 1 amide bonds. The first kappa shape index (κ1) is 19.4. The van der Waals surface area contributed by atoms with Crippen LogP contribution in [0.15, 0.2) is 30.3 Å². The smallest absolute Gasteiger partial charge is 0.224 e. The van der Waals surface area contributed by atoms with Gasteiger partial charge in [0.2, 0.25) is 5.91 Å². The van der Waals surface area contributed by atoms with Crippen LogP contribution in [0.3, 0.4) is 0 Å². The van der Waals surface area contributed by atoms with E-state index >= 15 is 0 Å². The van der Waals surface area contributed by atoms with Crippen LogP contribution in [0.4, 0.5) is 0 Å². The molecule has 0 aliphatic carbocycles. The molecule has 27 heavy (non-hydrogen) atoms. The number of halogens is 1. The van der Waals surface area contributed by atoms with Gasteiger partial charge in [0.05, 0.1) is 20.1 Å². The SMILES string of the molecule is CCOc1cc2c(cc1CNC(=O)Cc1cc(Cl)ccc1OC)O[C@@H](C)C2. The average molecular weight is 390 g/mol. The first-order valence-electron chi connectivity index (χ1n) is 9.04. The molecule has 144 valence electrons. The second kappa shape index (κ2) is 8.53. The molecule has 0 fully saturated rings. The van der Waals surface area contributed by atoms with Crippen LogP contribution in [0.2, 0.25) is 5.02 Å². The van der Waals surface area contributed by atoms with E-state index in [4.69, 9.17) is 25.8 Å². The molecule has 0 unspecified atom stereocenters. The summed E-state index contributed by atoms with van der Waals surface area (Å²) in [6.45, 7) is 4.91. The molecule has 1 aliphatic rings. The molecule has 3 rings (SSSR count). The fourth-order valence-corrected chi connectivity index (χ4v) is 3.42. The highest BCUT2D eigenvalue weighted by Gasteiger charge is 2.22. The second-order valence-electron chi connectivity index (χ2n) is 6.54. The lowest BCUT2D eigenvalue weighted by Crippen LogP contribution is -2.25. The third kappa shape index (κ3) is 4.66. The Kier molecular flexibility index (Phi) is 6.11. The summed E-state index contributed by atoms with van der Waals surface area (Å²) in [5.74, 6) is 2.18. The third-order valence-electron chi connectivity index (χ3n) is 4.45. The largest absolute Gasteiger partial charge is 0.496 e. The van der Waals surface area contributed by atoms with Crippen molar-refractivity contribution in [3.05, 3.63) is 52.0 Å². The highest BCUT2D eigenvalue weighted by atomic mass is 35.5. The minimum Gasteiger partial charge on any atom is -0.496 e. The minimum atomic E-state index is -0.118. The van der Waals surface area contributed by atoms with Crippen molar-refractivity contribution in [3.8, 4) is 17.2 Å². The van der Waals surface area contributed by atoms with Crippen molar-refractivity contribution in [2.75, 3.05) is 13.7 Å². The molecular formula is C21H24ClNO4. The zero-order valence-electron chi connectivity index (χ0n) is 15.8. The Labute approximate surface area is 164 Å². The van der Waals surface area contributed by atoms with E-state index in [1.807, 2.05) is 26.0 Å². The van der Waals surface area contributed by atoms with Gasteiger partial charge < -0.3 is 19.5 Å². The van der Waals surface area contributed by atoms with Crippen LogP contribution in [0, 0.1) is 0 Å². The summed E-state index contributed by atoms with van der Waals surface area (Å²) in [4.78, 5) is 12.4. The number of hydrogen-bond acceptors (Lipinski definition) is 4. The van der Waals surface area contributed by atoms with Crippen LogP contribution in [0.1, 0.15) is 30.5 Å². The van der Waals surface area contributed by atoms with Crippen molar-refractivity contribution >= 4 is 17.5 Å². The molecule has 6 heteroatoms. The fraction of sp³-hybridized carbons (Fsp3) is 0.381. The molecule has 0 saturated carbocycles. The van der Waals surface area contributed by atoms with Gasteiger partial charge in [-0.15, -0.1) is 0 Å². The Bertz CT molecular complexity index is 837. The molecule has 0 bridgehead atoms. The van der Waals surface area contributed by atoms with Gasteiger partial charge in [0, 0.05) is 34.7 Å². The molecular weight excluding hydrogens is 366 g/mol. The van der Waals surface area contributed by atoms with Crippen LogP contribution in [-0.2, 0) is 24.2 Å². The molecule has 5 nitrogen and oxygen atoms in total. The second-order valence-corrected chi connectivity index (χ2v) is 6.98. The van der Waals surface area contributed by atoms with Gasteiger partial charge in [-0.1, -0.05) is 11.6 Å². The first-order chi connectivity index (χ1) is 13.0. The number of fused-ring (bicyclic) bond motifs is 1. The van der Waals surface area contributed by atoms with Crippen LogP contribution >= 0.6 is 11.6 Å². The molecule has 0 aromatic heterocycles. The van der Waals surface area contributed by atoms with Crippen LogP contribution in [0.5, 0.6) is 17.2 Å². The van der Waals surface area contributed by atoms with E-state index in [1.54, 1.807) is 25.3 Å². The van der Waals surface area contributed by atoms with E-state index in [9.17, 15) is 4.79 Å². The highest BCUT2D eigenvalue weighted by molar-refractivity contribution is 6.30. The summed E-state index contributed by atoms with van der Waals surface area (Å²) in [5.41, 5.74) is 2.79. The molecule has 1 atom stereocenters. The molecule has 1 N–H and O–H groups in total. The van der Waals surface area contributed by atoms with Crippen molar-refractivity contribution < 1.29 is 19.0 Å². The van der Waals surface area contributed by atoms with E-state index in [0.717, 1.165) is 34.6 Å². The average Bonchev–Trinajstić information content (AvgIpc) is 2.99. The predicted octanol–water partition coefficient (Wildman–Crippen LogP) is 3.93. The van der Waals surface area contributed by atoms with Gasteiger partial charge in [0.15, 0.2) is 0 Å². The van der Waals surface area contributed by atoms with Gasteiger partial charge in [-0.3, -0.25) is 4.79 Å². The van der Waals surface area contributed by atoms with Gasteiger partial charge in [0.1, 0.15) is 23.4 Å². The standard InChI is InChI=1S/C21H24ClNO4/c1-4-26-19-9-14-7-13(2)27-20(14)10-16(19)12-23-21(24)11-15-8-17(22)5-6-18(15)25-3/h5-6,8-10,13H,4,7,11-12H2,1-3H3,(H,23,24)/t13-/m0/s1. The minimum absolute atomic E-state index is 0.118. The fourth-order valence-electron chi connectivity index (χ4n) is 3.22. The van der Waals surface area contributed by atoms with Crippen molar-refractivity contribution in [3.63, 3.8) is 0 Å². The molecule has 0 radical (unpaired) electrons. The Hall–Kier alpha value is -2.40. The Morgan fingerprint density at radius 2 is 2.07 bits per heavy atom. The maximum absolute atomic E-state index is 12.4. The number of methoxy groups -OCH3 is 1. The highest BCUT2D eigenvalue weighted by Crippen LogP contribution is 2.35. The van der Waals surface area contributed by atoms with Crippen LogP contribution < -0.4 is 19.5 Å². The summed E-state index contributed by atoms with van der Waals surface area (Å²) < 4.78 is 16.9. The summed E-state index contributed by atoms with van der Waals surface area (Å²) in [6.07, 6.45) is 1.22. The van der Waals surface area contributed by atoms with Crippen LogP contribution in [-0.4, -0.2) is 25.7 Å². The molecule has 2 aromatic carbocycles. The summed E-state index contributed by atoms with van der Waals surface area (Å²) >= 11 is 6.03. The first-order valence-corrected chi connectivity index (χ1v) is 9.42. The van der Waals surface area contributed by atoms with Gasteiger partial charge >= 0.3 is 0 Å². The van der Waals surface area contributed by atoms with E-state index in [2.05, 4.69) is 5.32 Å². The summed E-state index contributed by atoms with van der Waals surface area (Å²) in [6, 6.07) is 9.23. The number of ether oxygens (including phenoxy) is 3. The van der Waals surface area contributed by atoms with E-state index in [0.29, 0.717) is 23.9 Å². The van der Waals surface area contributed by atoms with Gasteiger partial charge in [-0.25, -0.2) is 0 Å². The van der Waals surface area contributed by atoms with Crippen molar-refractivity contribution in [2.45, 2.75) is 39.3 Å². The zero-order valence-corrected chi connectivity index (χ0v) is 16.6. The topological polar surface area (TPSA) is 56.8 Å². The Morgan fingerprint density at radius 3 is 2.81 bits per heavy atom. The quantitative estimate of drug-likeness (QED) is 0.779. The van der Waals surface area contributed by atoms with Crippen molar-refractivity contribution in [2.24, 2.45) is 0 Å². The summed E-state index contributed by atoms with van der Waals surface area (Å²) in [5, 5.41) is 3.52. The third-order valence-corrected chi connectivity index (χ3v) is 4.68. The van der Waals surface area contributed by atoms with E-state index < -0.39 is 0 Å². The van der Waals surface area contributed by atoms with Gasteiger partial charge in [-0.05, 0) is 44.2 Å². The number of amides is 1. The van der Waals surface area contributed by atoms with Crippen molar-refractivity contribution in [1.82, 2.24) is 5.32 Å². The summed E-state index contributed by atoms with van der Waals surface area (Å²) in [7, 11) is 1.57. The number of rotatable bonds is 7. The number of hydrogen-bond donors (Lipinski definition) is 1. The van der Waals surface area contributed by atoms with Crippen molar-refractivity contribution in [1.29, 1.82) is 0 Å². The molecule has 2 aromatic rings. The van der Waals surface area contributed by atoms with Gasteiger partial charge in [-0.2, -0.15) is 0 Å². The molecule has 0 spiro atoms. The maximum atomic E-state index is 12.4. The Morgan fingerprint density at radius 1 is 1.26 bits per heavy atom. The van der Waals surface area contributed by atoms with E-state index in [1.165, 1.54) is 0 Å². The lowest BCUT2D eigenvalue weighted by molar-refractivity contribution is -0.120. The van der Waals surface area contributed by atoms with E-state index in [-0.39, 0.29) is 18.4 Å². The zero-order chi connectivity index (χ0) is 19.4. The number of nitrogens with one attached hydrogen (secondary N) is 1. The number of carbonyl (C=O) groups excluding carboxylic acids is 1. The lowest BCUT2D eigenvalue weighted by Gasteiger charge is -2.14. The molecule has 0 saturated heterocycles. The molecule has 1 heterocycles. The Balaban J connectivity index is 1.70. The number of benzene rings is 2. The number of carbonyl (C=O) groups is 1. The van der Waals surface area contributed by atoms with Crippen LogP contribution in [0.25, 0.3) is 0 Å². The lowest BCUT2D eigenvalue weighted by atomic mass is 10.1. The molecule has 1 aliphatic heterocycles. The monoisotopic (exact) mass is 389 g/mol. The van der Waals surface area contributed by atoms with Gasteiger partial charge in [0.25, 0.3) is 0 Å². The maximum Gasteiger partial charge on any atom is 0.224 e. The normalized spacial score (nSPS) is 15.0. The predicted molar refractivity (Wildman–Crippen MR) is 105 cm³/mol.